The second kappa shape index (κ2) is 57.4. The molecule has 0 fully saturated rings. The van der Waals surface area contributed by atoms with Crippen LogP contribution >= 0.6 is 0 Å². The molecular formula is C68H127N5O16. The quantitative estimate of drug-likeness (QED) is 0.0574. The molecule has 0 aliphatic rings. The van der Waals surface area contributed by atoms with Crippen molar-refractivity contribution in [2.24, 2.45) is 21.7 Å². The number of amides is 2. The van der Waals surface area contributed by atoms with Gasteiger partial charge in [-0.3, -0.25) is 43.2 Å². The van der Waals surface area contributed by atoms with E-state index < -0.39 is 0 Å². The molecule has 0 spiro atoms. The monoisotopic (exact) mass is 1270 g/mol. The molecule has 1 aromatic heterocycles. The van der Waals surface area contributed by atoms with Crippen molar-refractivity contribution in [2.45, 2.75) is 247 Å². The van der Waals surface area contributed by atoms with Gasteiger partial charge in [0.25, 0.3) is 0 Å². The minimum Gasteiger partial charge on any atom is -0.381 e. The average Bonchev–Trinajstić information content (AvgIpc) is 3.97. The fourth-order valence-electron chi connectivity index (χ4n) is 6.73. The van der Waals surface area contributed by atoms with E-state index in [1.54, 1.807) is 4.68 Å². The molecule has 0 saturated carbocycles. The number of Topliss-reactive ketones (excluding diaryl/α,β-unsaturated/α-hetero) is 7. The lowest BCUT2D eigenvalue weighted by atomic mass is 9.89. The van der Waals surface area contributed by atoms with Crippen LogP contribution in [0.4, 0.5) is 0 Å². The fourth-order valence-corrected chi connectivity index (χ4v) is 6.73. The topological polar surface area (TPSA) is 273 Å². The standard InChI is InChI=1S/C27H49N5O7.3C13H24O3.C2H6/c1-5-25(34)28-11-6-14-36-18-20-39-21-19-37-15-7-12-29-26(35)9-8-23-22-32(31-30-23)13-17-38-16-10-24(33)27(2,3)4;3*1-5-11(14)7-6-9-16-10-8-12(15)13(2,3)4;1-2/h22H,5-21H2,1-4H3,(H,28,34)(H,29,35);3*5-10H2,1-4H3;1-2H3. The van der Waals surface area contributed by atoms with Crippen molar-refractivity contribution in [2.75, 3.05) is 106 Å². The van der Waals surface area contributed by atoms with Gasteiger partial charge in [0.1, 0.15) is 40.5 Å². The Hall–Kier alpha value is -4.51. The first-order valence-corrected chi connectivity index (χ1v) is 33.0. The van der Waals surface area contributed by atoms with E-state index in [2.05, 4.69) is 20.9 Å². The van der Waals surface area contributed by atoms with E-state index in [1.165, 1.54) is 0 Å². The molecule has 0 aliphatic carbocycles. The van der Waals surface area contributed by atoms with E-state index >= 15 is 0 Å². The molecule has 0 unspecified atom stereocenters. The third-order valence-corrected chi connectivity index (χ3v) is 13.0. The van der Waals surface area contributed by atoms with Gasteiger partial charge in [-0.2, -0.15) is 0 Å². The van der Waals surface area contributed by atoms with Crippen LogP contribution in [0.3, 0.4) is 0 Å². The van der Waals surface area contributed by atoms with Crippen LogP contribution in [0.15, 0.2) is 6.20 Å². The first-order valence-electron chi connectivity index (χ1n) is 33.0. The predicted molar refractivity (Wildman–Crippen MR) is 351 cm³/mol. The maximum Gasteiger partial charge on any atom is 0.220 e. The molecule has 0 radical (unpaired) electrons. The van der Waals surface area contributed by atoms with Crippen molar-refractivity contribution in [1.29, 1.82) is 0 Å². The molecule has 2 amide bonds. The van der Waals surface area contributed by atoms with Crippen molar-refractivity contribution in [3.05, 3.63) is 11.9 Å². The molecule has 1 aromatic rings. The van der Waals surface area contributed by atoms with Gasteiger partial charge in [0.05, 0.1) is 71.7 Å². The first kappa shape index (κ1) is 90.9. The summed E-state index contributed by atoms with van der Waals surface area (Å²) in [6.45, 7) is 43.2. The summed E-state index contributed by atoms with van der Waals surface area (Å²) >= 11 is 0. The molecule has 0 bridgehead atoms. The van der Waals surface area contributed by atoms with Crippen molar-refractivity contribution in [3.8, 4) is 0 Å². The molecule has 2 N–H and O–H groups in total. The van der Waals surface area contributed by atoms with E-state index in [4.69, 9.17) is 33.2 Å². The van der Waals surface area contributed by atoms with Crippen LogP contribution in [0.5, 0.6) is 0 Å². The molecule has 0 atom stereocenters. The molecule has 21 heteroatoms. The van der Waals surface area contributed by atoms with Crippen molar-refractivity contribution in [3.63, 3.8) is 0 Å². The number of carbonyl (C=O) groups excluding carboxylic acids is 9. The number of aromatic nitrogens is 3. The van der Waals surface area contributed by atoms with Crippen LogP contribution in [-0.4, -0.2) is 173 Å². The van der Waals surface area contributed by atoms with Gasteiger partial charge < -0.3 is 43.8 Å². The van der Waals surface area contributed by atoms with E-state index in [0.29, 0.717) is 196 Å². The number of ketones is 7. The smallest absolute Gasteiger partial charge is 0.220 e. The number of rotatable bonds is 48. The zero-order valence-corrected chi connectivity index (χ0v) is 59.2. The predicted octanol–water partition coefficient (Wildman–Crippen LogP) is 11.0. The molecule has 1 rings (SSSR count). The lowest BCUT2D eigenvalue weighted by Crippen LogP contribution is -2.25. The molecule has 0 saturated heterocycles. The van der Waals surface area contributed by atoms with Crippen LogP contribution in [0, 0.1) is 21.7 Å². The average molecular weight is 1270 g/mol. The van der Waals surface area contributed by atoms with Gasteiger partial charge in [0.15, 0.2) is 0 Å². The molecule has 1 heterocycles. The number of carbonyl (C=O) groups is 9. The van der Waals surface area contributed by atoms with Crippen LogP contribution < -0.4 is 10.6 Å². The summed E-state index contributed by atoms with van der Waals surface area (Å²) in [4.78, 5) is 102. The summed E-state index contributed by atoms with van der Waals surface area (Å²) in [7, 11) is 0. The Balaban J connectivity index is -0.000000598. The summed E-state index contributed by atoms with van der Waals surface area (Å²) in [5.74, 6) is 1.68. The molecule has 21 nitrogen and oxygen atoms in total. The van der Waals surface area contributed by atoms with Crippen LogP contribution in [0.2, 0.25) is 0 Å². The van der Waals surface area contributed by atoms with Gasteiger partial charge in [-0.15, -0.1) is 5.10 Å². The minimum absolute atomic E-state index is 0.0347. The first-order chi connectivity index (χ1) is 41.8. The highest BCUT2D eigenvalue weighted by atomic mass is 16.5. The number of nitrogens with one attached hydrogen (secondary N) is 2. The van der Waals surface area contributed by atoms with Crippen LogP contribution in [0.1, 0.15) is 239 Å². The lowest BCUT2D eigenvalue weighted by molar-refractivity contribution is -0.128. The normalized spacial score (nSPS) is 11.3. The van der Waals surface area contributed by atoms with Gasteiger partial charge in [0.2, 0.25) is 11.8 Å². The molecule has 520 valence electrons. The van der Waals surface area contributed by atoms with Gasteiger partial charge in [-0.05, 0) is 32.1 Å². The summed E-state index contributed by atoms with van der Waals surface area (Å²) in [5, 5.41) is 13.8. The van der Waals surface area contributed by atoms with Crippen molar-refractivity contribution >= 4 is 52.3 Å². The number of ether oxygens (including phenoxy) is 7. The van der Waals surface area contributed by atoms with E-state index in [0.717, 1.165) is 37.8 Å². The SMILES string of the molecule is CC.CCC(=O)CCCOCCC(=O)C(C)(C)C.CCC(=O)CCCOCCC(=O)C(C)(C)C.CCC(=O)CCCOCCC(=O)C(C)(C)C.CCC(=O)NCCCOCCOCCOCCCNC(=O)CCc1cn(CCOCCC(=O)C(C)(C)C)nn1. The second-order valence-electron chi connectivity index (χ2n) is 25.2. The summed E-state index contributed by atoms with van der Waals surface area (Å²) in [5.41, 5.74) is -0.416. The summed E-state index contributed by atoms with van der Waals surface area (Å²) in [6.07, 6.45) is 12.3. The number of aryl methyl sites for hydroxylation is 1. The number of hydrogen-bond acceptors (Lipinski definition) is 18. The van der Waals surface area contributed by atoms with E-state index in [1.807, 2.05) is 131 Å². The molecule has 89 heavy (non-hydrogen) atoms. The minimum atomic E-state index is -0.339. The molecule has 0 aliphatic heterocycles. The third-order valence-electron chi connectivity index (χ3n) is 13.0. The Morgan fingerprint density at radius 3 is 0.978 bits per heavy atom. The zero-order chi connectivity index (χ0) is 68.6. The van der Waals surface area contributed by atoms with Crippen molar-refractivity contribution in [1.82, 2.24) is 25.6 Å². The van der Waals surface area contributed by atoms with Gasteiger partial charge in [0, 0.05) is 157 Å². The Bertz CT molecular complexity index is 1900. The summed E-state index contributed by atoms with van der Waals surface area (Å²) in [6, 6.07) is 0. The van der Waals surface area contributed by atoms with Crippen LogP contribution in [0.25, 0.3) is 0 Å². The van der Waals surface area contributed by atoms with E-state index in [-0.39, 0.29) is 74.0 Å². The van der Waals surface area contributed by atoms with E-state index in [9.17, 15) is 43.2 Å². The highest BCUT2D eigenvalue weighted by Gasteiger charge is 2.23. The Morgan fingerprint density at radius 2 is 0.663 bits per heavy atom. The van der Waals surface area contributed by atoms with Gasteiger partial charge in [-0.1, -0.05) is 130 Å². The highest BCUT2D eigenvalue weighted by Crippen LogP contribution is 2.19. The number of hydrogen-bond donors (Lipinski definition) is 2. The van der Waals surface area contributed by atoms with Crippen molar-refractivity contribution < 1.29 is 76.3 Å². The van der Waals surface area contributed by atoms with Gasteiger partial charge in [-0.25, -0.2) is 4.68 Å². The maximum absolute atomic E-state index is 12.1. The Morgan fingerprint density at radius 1 is 0.371 bits per heavy atom. The maximum atomic E-state index is 12.1. The third kappa shape index (κ3) is 62.1. The largest absolute Gasteiger partial charge is 0.381 e. The zero-order valence-electron chi connectivity index (χ0n) is 59.2. The second-order valence-corrected chi connectivity index (χ2v) is 25.2. The fraction of sp³-hybridized carbons (Fsp3) is 0.838. The summed E-state index contributed by atoms with van der Waals surface area (Å²) < 4.78 is 39.6. The Labute approximate surface area is 538 Å². The Kier molecular flexibility index (Phi) is 58.6. The molecule has 0 aromatic carbocycles. The number of nitrogens with zero attached hydrogens (tertiary/aromatic N) is 3. The lowest BCUT2D eigenvalue weighted by Gasteiger charge is -2.16. The highest BCUT2D eigenvalue weighted by molar-refractivity contribution is 5.85. The van der Waals surface area contributed by atoms with Gasteiger partial charge >= 0.3 is 0 Å². The molecular weight excluding hydrogens is 1140 g/mol. The van der Waals surface area contributed by atoms with Crippen LogP contribution in [-0.2, 0) is 89.3 Å².